The average Bonchev–Trinajstić information content (AvgIpc) is 2.41. The molecule has 98 valence electrons. The van der Waals surface area contributed by atoms with E-state index in [1.54, 1.807) is 6.07 Å². The molecule has 3 rings (SSSR count). The van der Waals surface area contributed by atoms with Crippen LogP contribution >= 0.6 is 0 Å². The van der Waals surface area contributed by atoms with E-state index in [1.807, 2.05) is 30.3 Å². The molecule has 0 spiro atoms. The number of aromatic nitrogens is 1. The van der Waals surface area contributed by atoms with Crippen LogP contribution in [0.25, 0.3) is 10.9 Å². The Kier molecular flexibility index (Phi) is 3.17. The number of pyridine rings is 1. The summed E-state index contributed by atoms with van der Waals surface area (Å²) in [5, 5.41) is 4.01. The summed E-state index contributed by atoms with van der Waals surface area (Å²) in [7, 11) is 2.09. The van der Waals surface area contributed by atoms with E-state index in [-0.39, 0.29) is 5.91 Å². The fourth-order valence-electron chi connectivity index (χ4n) is 2.48. The third-order valence-electron chi connectivity index (χ3n) is 3.52. The first-order chi connectivity index (χ1) is 9.22. The third kappa shape index (κ3) is 2.58. The molecule has 1 aromatic carbocycles. The minimum atomic E-state index is -0.0830. The van der Waals surface area contributed by atoms with Crippen LogP contribution in [0.15, 0.2) is 36.4 Å². The summed E-state index contributed by atoms with van der Waals surface area (Å²) in [6.07, 6.45) is 0. The zero-order valence-electron chi connectivity index (χ0n) is 11.0. The number of hydrogen-bond acceptors (Lipinski definition) is 3. The van der Waals surface area contributed by atoms with E-state index >= 15 is 0 Å². The number of likely N-dealkylation sites (tertiary alicyclic amines) is 1. The standard InChI is InChI=1S/C15H17N3O/c1-18-9-11(10-18)8-16-15(19)14-7-6-12-4-2-3-5-13(12)17-14/h2-7,11H,8-10H2,1H3,(H,16,19). The van der Waals surface area contributed by atoms with Crippen molar-refractivity contribution in [2.24, 2.45) is 5.92 Å². The highest BCUT2D eigenvalue weighted by atomic mass is 16.1. The molecule has 0 bridgehead atoms. The first-order valence-electron chi connectivity index (χ1n) is 6.55. The number of carbonyl (C=O) groups excluding carboxylic acids is 1. The van der Waals surface area contributed by atoms with E-state index in [2.05, 4.69) is 22.2 Å². The number of nitrogens with zero attached hydrogens (tertiary/aromatic N) is 2. The quantitative estimate of drug-likeness (QED) is 0.904. The lowest BCUT2D eigenvalue weighted by Gasteiger charge is -2.36. The van der Waals surface area contributed by atoms with E-state index < -0.39 is 0 Å². The monoisotopic (exact) mass is 255 g/mol. The van der Waals surface area contributed by atoms with Crippen LogP contribution in [0.5, 0.6) is 0 Å². The molecule has 0 radical (unpaired) electrons. The molecule has 0 aliphatic carbocycles. The van der Waals surface area contributed by atoms with Crippen molar-refractivity contribution < 1.29 is 4.79 Å². The number of carbonyl (C=O) groups is 1. The second-order valence-electron chi connectivity index (χ2n) is 5.19. The van der Waals surface area contributed by atoms with Crippen LogP contribution in [0.2, 0.25) is 0 Å². The van der Waals surface area contributed by atoms with Crippen LogP contribution in [-0.4, -0.2) is 42.5 Å². The van der Waals surface area contributed by atoms with Crippen molar-refractivity contribution in [2.75, 3.05) is 26.7 Å². The number of nitrogens with one attached hydrogen (secondary N) is 1. The Labute approximate surface area is 112 Å². The van der Waals surface area contributed by atoms with E-state index in [1.165, 1.54) is 0 Å². The predicted molar refractivity (Wildman–Crippen MR) is 75.1 cm³/mol. The summed E-state index contributed by atoms with van der Waals surface area (Å²) in [4.78, 5) is 18.7. The Morgan fingerprint density at radius 2 is 2.11 bits per heavy atom. The summed E-state index contributed by atoms with van der Waals surface area (Å²) < 4.78 is 0. The van der Waals surface area contributed by atoms with Gasteiger partial charge in [0.2, 0.25) is 0 Å². The summed E-state index contributed by atoms with van der Waals surface area (Å²) >= 11 is 0. The smallest absolute Gasteiger partial charge is 0.269 e. The molecule has 0 unspecified atom stereocenters. The van der Waals surface area contributed by atoms with Crippen LogP contribution in [0, 0.1) is 5.92 Å². The molecular weight excluding hydrogens is 238 g/mol. The third-order valence-corrected chi connectivity index (χ3v) is 3.52. The Morgan fingerprint density at radius 3 is 2.89 bits per heavy atom. The Hall–Kier alpha value is -1.94. The van der Waals surface area contributed by atoms with E-state index in [4.69, 9.17) is 0 Å². The van der Waals surface area contributed by atoms with Gasteiger partial charge in [-0.2, -0.15) is 0 Å². The average molecular weight is 255 g/mol. The first-order valence-corrected chi connectivity index (χ1v) is 6.55. The van der Waals surface area contributed by atoms with Gasteiger partial charge >= 0.3 is 0 Å². The zero-order valence-corrected chi connectivity index (χ0v) is 11.0. The van der Waals surface area contributed by atoms with Crippen molar-refractivity contribution >= 4 is 16.8 Å². The Bertz CT molecular complexity index is 605. The van der Waals surface area contributed by atoms with E-state index in [0.717, 1.165) is 30.5 Å². The largest absolute Gasteiger partial charge is 0.350 e. The molecule has 1 aliphatic heterocycles. The highest BCUT2D eigenvalue weighted by Gasteiger charge is 2.23. The van der Waals surface area contributed by atoms with Gasteiger partial charge < -0.3 is 10.2 Å². The number of benzene rings is 1. The van der Waals surface area contributed by atoms with E-state index in [9.17, 15) is 4.79 Å². The van der Waals surface area contributed by atoms with Crippen LogP contribution in [0.4, 0.5) is 0 Å². The molecule has 19 heavy (non-hydrogen) atoms. The van der Waals surface area contributed by atoms with Gasteiger partial charge in [0.15, 0.2) is 0 Å². The van der Waals surface area contributed by atoms with Crippen molar-refractivity contribution in [3.8, 4) is 0 Å². The van der Waals surface area contributed by atoms with Crippen molar-refractivity contribution in [1.82, 2.24) is 15.2 Å². The molecule has 1 fully saturated rings. The molecule has 1 N–H and O–H groups in total. The predicted octanol–water partition coefficient (Wildman–Crippen LogP) is 1.53. The fraction of sp³-hybridized carbons (Fsp3) is 0.333. The van der Waals surface area contributed by atoms with Gasteiger partial charge in [0.1, 0.15) is 5.69 Å². The maximum absolute atomic E-state index is 12.0. The highest BCUT2D eigenvalue weighted by molar-refractivity contribution is 5.94. The van der Waals surface area contributed by atoms with Gasteiger partial charge in [-0.05, 0) is 19.2 Å². The first kappa shape index (κ1) is 12.1. The van der Waals surface area contributed by atoms with E-state index in [0.29, 0.717) is 11.6 Å². The molecule has 1 aliphatic rings. The van der Waals surface area contributed by atoms with Gasteiger partial charge in [-0.3, -0.25) is 4.79 Å². The molecule has 0 atom stereocenters. The number of para-hydroxylation sites is 1. The Morgan fingerprint density at radius 1 is 1.32 bits per heavy atom. The lowest BCUT2D eigenvalue weighted by molar-refractivity contribution is 0.0893. The van der Waals surface area contributed by atoms with Crippen molar-refractivity contribution in [3.63, 3.8) is 0 Å². The molecular formula is C15H17N3O. The van der Waals surface area contributed by atoms with Gasteiger partial charge in [-0.25, -0.2) is 4.98 Å². The maximum atomic E-state index is 12.0. The van der Waals surface area contributed by atoms with Gasteiger partial charge in [0.25, 0.3) is 5.91 Å². The summed E-state index contributed by atoms with van der Waals surface area (Å²) in [6.45, 7) is 2.86. The number of amides is 1. The highest BCUT2D eigenvalue weighted by Crippen LogP contribution is 2.13. The molecule has 1 aromatic heterocycles. The molecule has 4 nitrogen and oxygen atoms in total. The van der Waals surface area contributed by atoms with Gasteiger partial charge in [-0.1, -0.05) is 24.3 Å². The maximum Gasteiger partial charge on any atom is 0.269 e. The summed E-state index contributed by atoms with van der Waals surface area (Å²) in [5.74, 6) is 0.495. The molecule has 4 heteroatoms. The van der Waals surface area contributed by atoms with Crippen molar-refractivity contribution in [2.45, 2.75) is 0 Å². The normalized spacial score (nSPS) is 16.3. The zero-order chi connectivity index (χ0) is 13.2. The SMILES string of the molecule is CN1CC(CNC(=O)c2ccc3ccccc3n2)C1. The van der Waals surface area contributed by atoms with Crippen LogP contribution in [-0.2, 0) is 0 Å². The minimum absolute atomic E-state index is 0.0830. The molecule has 1 saturated heterocycles. The lowest BCUT2D eigenvalue weighted by atomic mass is 10.0. The molecule has 0 saturated carbocycles. The molecule has 2 aromatic rings. The molecule has 2 heterocycles. The second kappa shape index (κ2) is 4.97. The topological polar surface area (TPSA) is 45.2 Å². The van der Waals surface area contributed by atoms with Gasteiger partial charge in [0.05, 0.1) is 5.52 Å². The Balaban J connectivity index is 1.67. The number of hydrogen-bond donors (Lipinski definition) is 1. The van der Waals surface area contributed by atoms with Crippen LogP contribution in [0.1, 0.15) is 10.5 Å². The summed E-state index contributed by atoms with van der Waals surface area (Å²) in [5.41, 5.74) is 1.35. The van der Waals surface area contributed by atoms with Crippen LogP contribution < -0.4 is 5.32 Å². The van der Waals surface area contributed by atoms with Crippen molar-refractivity contribution in [1.29, 1.82) is 0 Å². The minimum Gasteiger partial charge on any atom is -0.350 e. The lowest BCUT2D eigenvalue weighted by Crippen LogP contribution is -2.49. The van der Waals surface area contributed by atoms with Gasteiger partial charge in [0, 0.05) is 30.9 Å². The number of fused-ring (bicyclic) bond motifs is 1. The van der Waals surface area contributed by atoms with Gasteiger partial charge in [-0.15, -0.1) is 0 Å². The molecule has 1 amide bonds. The van der Waals surface area contributed by atoms with Crippen LogP contribution in [0.3, 0.4) is 0 Å². The number of rotatable bonds is 3. The van der Waals surface area contributed by atoms with Crippen molar-refractivity contribution in [3.05, 3.63) is 42.1 Å². The fourth-order valence-corrected chi connectivity index (χ4v) is 2.48. The summed E-state index contributed by atoms with van der Waals surface area (Å²) in [6, 6.07) is 11.5. The second-order valence-corrected chi connectivity index (χ2v) is 5.19.